The average Bonchev–Trinajstić information content (AvgIpc) is 3.99. The number of ether oxygens (including phenoxy) is 2. The second-order valence-corrected chi connectivity index (χ2v) is 12.6. The second kappa shape index (κ2) is 16.5. The molecule has 11 nitrogen and oxygen atoms in total. The van der Waals surface area contributed by atoms with Crippen molar-refractivity contribution in [2.24, 2.45) is 0 Å². The minimum Gasteiger partial charge on any atom is -0.490 e. The van der Waals surface area contributed by atoms with Crippen molar-refractivity contribution in [2.75, 3.05) is 37.7 Å². The van der Waals surface area contributed by atoms with Crippen molar-refractivity contribution in [3.63, 3.8) is 0 Å². The molecular formula is C37H37ClF2N4O7. The maximum absolute atomic E-state index is 14.5. The SMILES string of the molecule is O=C(c1ccc(CON(O)O)cc1)N1CCN(c2ccc(OCCOc3cc(F)ccc3F)cc2)[C@@H](C(=O)N(Cc2ccccc2Cl)C2CC2)C1. The fraction of sp³-hybridized carbons (Fsp3) is 0.297. The van der Waals surface area contributed by atoms with Crippen LogP contribution in [0.1, 0.15) is 34.3 Å². The highest BCUT2D eigenvalue weighted by Crippen LogP contribution is 2.33. The fourth-order valence-corrected chi connectivity index (χ4v) is 6.15. The van der Waals surface area contributed by atoms with Gasteiger partial charge in [-0.1, -0.05) is 41.9 Å². The first kappa shape index (κ1) is 36.0. The molecule has 0 bridgehead atoms. The molecule has 2 amide bonds. The van der Waals surface area contributed by atoms with E-state index in [9.17, 15) is 18.4 Å². The van der Waals surface area contributed by atoms with E-state index in [0.29, 0.717) is 41.5 Å². The predicted molar refractivity (Wildman–Crippen MR) is 182 cm³/mol. The Hall–Kier alpha value is -4.79. The van der Waals surface area contributed by atoms with Gasteiger partial charge >= 0.3 is 0 Å². The smallest absolute Gasteiger partial charge is 0.253 e. The number of amides is 2. The van der Waals surface area contributed by atoms with Crippen molar-refractivity contribution in [1.82, 2.24) is 15.2 Å². The molecule has 1 aliphatic heterocycles. The molecular weight excluding hydrogens is 686 g/mol. The van der Waals surface area contributed by atoms with Gasteiger partial charge in [0, 0.05) is 48.0 Å². The molecule has 0 unspecified atom stereocenters. The van der Waals surface area contributed by atoms with E-state index in [0.717, 1.165) is 42.3 Å². The van der Waals surface area contributed by atoms with Gasteiger partial charge in [0.05, 0.1) is 18.5 Å². The van der Waals surface area contributed by atoms with Crippen molar-refractivity contribution in [2.45, 2.75) is 38.1 Å². The third-order valence-corrected chi connectivity index (χ3v) is 9.11. The summed E-state index contributed by atoms with van der Waals surface area (Å²) in [4.78, 5) is 38.4. The monoisotopic (exact) mass is 722 g/mol. The Bertz CT molecular complexity index is 1810. The zero-order chi connectivity index (χ0) is 35.9. The van der Waals surface area contributed by atoms with Crippen LogP contribution in [0.15, 0.2) is 91.0 Å². The molecule has 4 aromatic rings. The standard InChI is InChI=1S/C37H37ClF2N4O7/c38-32-4-2-1-3-27(32)22-43(30-10-11-30)37(46)34-23-41(36(45)26-7-5-25(6-8-26)24-51-44(47)48)17-18-42(34)29-12-14-31(15-13-29)49-19-20-50-35-21-28(39)9-16-33(35)40/h1-9,12-16,21,30,34,47-48H,10-11,17-20,22-24H2/t34-/m1/s1. The van der Waals surface area contributed by atoms with E-state index >= 15 is 0 Å². The topological polar surface area (TPSA) is 115 Å². The van der Waals surface area contributed by atoms with Gasteiger partial charge in [-0.3, -0.25) is 20.0 Å². The zero-order valence-electron chi connectivity index (χ0n) is 27.5. The number of nitrogens with zero attached hydrogens (tertiary/aromatic N) is 4. The highest BCUT2D eigenvalue weighted by molar-refractivity contribution is 6.31. The summed E-state index contributed by atoms with van der Waals surface area (Å²) in [6.07, 6.45) is 1.76. The molecule has 1 aliphatic carbocycles. The van der Waals surface area contributed by atoms with Crippen LogP contribution in [-0.2, 0) is 22.8 Å². The summed E-state index contributed by atoms with van der Waals surface area (Å²) < 4.78 is 38.4. The summed E-state index contributed by atoms with van der Waals surface area (Å²) >= 11 is 6.50. The Morgan fingerprint density at radius 3 is 2.31 bits per heavy atom. The molecule has 2 N–H and O–H groups in total. The van der Waals surface area contributed by atoms with E-state index in [1.807, 2.05) is 40.1 Å². The van der Waals surface area contributed by atoms with Crippen LogP contribution in [0, 0.1) is 11.6 Å². The number of carbonyl (C=O) groups is 2. The highest BCUT2D eigenvalue weighted by Gasteiger charge is 2.41. The number of carbonyl (C=O) groups excluding carboxylic acids is 2. The molecule has 4 aromatic carbocycles. The zero-order valence-corrected chi connectivity index (χ0v) is 28.3. The summed E-state index contributed by atoms with van der Waals surface area (Å²) in [5, 5.41) is 17.8. The lowest BCUT2D eigenvalue weighted by Crippen LogP contribution is -2.61. The van der Waals surface area contributed by atoms with Crippen LogP contribution >= 0.6 is 11.6 Å². The minimum atomic E-state index is -0.695. The largest absolute Gasteiger partial charge is 0.490 e. The van der Waals surface area contributed by atoms with E-state index in [2.05, 4.69) is 4.84 Å². The number of halogens is 3. The molecule has 51 heavy (non-hydrogen) atoms. The maximum atomic E-state index is 14.5. The first-order valence-corrected chi connectivity index (χ1v) is 16.8. The van der Waals surface area contributed by atoms with Crippen LogP contribution < -0.4 is 14.4 Å². The number of hydrogen-bond acceptors (Lipinski definition) is 9. The van der Waals surface area contributed by atoms with Gasteiger partial charge in [-0.25, -0.2) is 13.6 Å². The van der Waals surface area contributed by atoms with Gasteiger partial charge < -0.3 is 24.2 Å². The van der Waals surface area contributed by atoms with Gasteiger partial charge in [0.15, 0.2) is 11.6 Å². The van der Waals surface area contributed by atoms with Crippen LogP contribution in [0.5, 0.6) is 11.5 Å². The molecule has 1 atom stereocenters. The van der Waals surface area contributed by atoms with Crippen LogP contribution in [0.4, 0.5) is 14.5 Å². The van der Waals surface area contributed by atoms with Gasteiger partial charge in [0.2, 0.25) is 5.91 Å². The van der Waals surface area contributed by atoms with Gasteiger partial charge in [0.25, 0.3) is 5.91 Å². The van der Waals surface area contributed by atoms with Gasteiger partial charge in [-0.15, -0.1) is 0 Å². The third kappa shape index (κ3) is 9.31. The van der Waals surface area contributed by atoms with Crippen LogP contribution in [0.3, 0.4) is 0 Å². The quantitative estimate of drug-likeness (QED) is 0.118. The Kier molecular flexibility index (Phi) is 11.6. The van der Waals surface area contributed by atoms with E-state index in [-0.39, 0.29) is 55.4 Å². The summed E-state index contributed by atoms with van der Waals surface area (Å²) in [7, 11) is 0. The van der Waals surface area contributed by atoms with Gasteiger partial charge in [-0.05, 0) is 78.6 Å². The molecule has 14 heteroatoms. The van der Waals surface area contributed by atoms with E-state index < -0.39 is 17.7 Å². The minimum absolute atomic E-state index is 0.00243. The van der Waals surface area contributed by atoms with Gasteiger partial charge in [0.1, 0.15) is 30.8 Å². The number of hydrogen-bond donors (Lipinski definition) is 2. The molecule has 268 valence electrons. The average molecular weight is 723 g/mol. The van der Waals surface area contributed by atoms with Crippen molar-refractivity contribution >= 4 is 29.1 Å². The van der Waals surface area contributed by atoms with E-state index in [4.69, 9.17) is 31.5 Å². The lowest BCUT2D eigenvalue weighted by Gasteiger charge is -2.43. The Morgan fingerprint density at radius 2 is 1.61 bits per heavy atom. The van der Waals surface area contributed by atoms with Crippen molar-refractivity contribution in [3.8, 4) is 11.5 Å². The third-order valence-electron chi connectivity index (χ3n) is 8.74. The maximum Gasteiger partial charge on any atom is 0.253 e. The Labute approximate surface area is 298 Å². The molecule has 2 fully saturated rings. The molecule has 6 rings (SSSR count). The molecule has 0 radical (unpaired) electrons. The van der Waals surface area contributed by atoms with E-state index in [1.165, 1.54) is 0 Å². The van der Waals surface area contributed by atoms with Gasteiger partial charge in [-0.2, -0.15) is 0 Å². The molecule has 1 saturated heterocycles. The lowest BCUT2D eigenvalue weighted by molar-refractivity contribution is -0.497. The summed E-state index contributed by atoms with van der Waals surface area (Å²) in [5.74, 6) is -1.28. The lowest BCUT2D eigenvalue weighted by atomic mass is 10.1. The summed E-state index contributed by atoms with van der Waals surface area (Å²) in [6.45, 7) is 1.21. The Morgan fingerprint density at radius 1 is 0.882 bits per heavy atom. The molecule has 1 heterocycles. The summed E-state index contributed by atoms with van der Waals surface area (Å²) in [5.41, 5.74) is 2.65. The predicted octanol–water partition coefficient (Wildman–Crippen LogP) is 6.11. The number of rotatable bonds is 14. The number of piperazine rings is 1. The Balaban J connectivity index is 1.17. The van der Waals surface area contributed by atoms with E-state index in [1.54, 1.807) is 47.4 Å². The fourth-order valence-electron chi connectivity index (χ4n) is 5.95. The van der Waals surface area contributed by atoms with Crippen LogP contribution in [0.2, 0.25) is 5.02 Å². The first-order chi connectivity index (χ1) is 24.7. The van der Waals surface area contributed by atoms with Crippen LogP contribution in [-0.4, -0.2) is 82.4 Å². The number of anilines is 1. The summed E-state index contributed by atoms with van der Waals surface area (Å²) in [6, 6.07) is 23.6. The second-order valence-electron chi connectivity index (χ2n) is 12.2. The first-order valence-electron chi connectivity index (χ1n) is 16.5. The molecule has 0 aromatic heterocycles. The molecule has 0 spiro atoms. The van der Waals surface area contributed by atoms with Crippen molar-refractivity contribution in [1.29, 1.82) is 0 Å². The molecule has 2 aliphatic rings. The highest BCUT2D eigenvalue weighted by atomic mass is 35.5. The van der Waals surface area contributed by atoms with Crippen molar-refractivity contribution in [3.05, 3.63) is 124 Å². The number of benzene rings is 4. The normalized spacial score (nSPS) is 15.9. The molecule has 1 saturated carbocycles. The van der Waals surface area contributed by atoms with Crippen LogP contribution in [0.25, 0.3) is 0 Å². The van der Waals surface area contributed by atoms with Crippen molar-refractivity contribution < 1.29 is 43.1 Å².